The van der Waals surface area contributed by atoms with E-state index in [0.29, 0.717) is 18.2 Å². The van der Waals surface area contributed by atoms with Crippen LogP contribution < -0.4 is 5.73 Å². The Bertz CT molecular complexity index is 376. The van der Waals surface area contributed by atoms with Crippen LogP contribution in [0, 0.1) is 12.8 Å². The zero-order valence-corrected chi connectivity index (χ0v) is 11.3. The number of rotatable bonds is 6. The van der Waals surface area contributed by atoms with Gasteiger partial charge in [0.15, 0.2) is 0 Å². The van der Waals surface area contributed by atoms with Gasteiger partial charge in [-0.05, 0) is 31.2 Å². The molecule has 1 atom stereocenters. The van der Waals surface area contributed by atoms with Crippen LogP contribution in [-0.4, -0.2) is 25.4 Å². The molecule has 1 aromatic rings. The van der Waals surface area contributed by atoms with Crippen molar-refractivity contribution in [2.75, 3.05) is 19.4 Å². The molecule has 0 saturated carbocycles. The Morgan fingerprint density at radius 3 is 2.94 bits per heavy atom. The van der Waals surface area contributed by atoms with Crippen LogP contribution >= 0.6 is 11.8 Å². The Hall–Kier alpha value is -0.940. The van der Waals surface area contributed by atoms with E-state index in [1.165, 1.54) is 7.11 Å². The minimum Gasteiger partial charge on any atom is -0.463 e. The number of hydrogen-bond acceptors (Lipinski definition) is 5. The fourth-order valence-corrected chi connectivity index (χ4v) is 2.34. The molecule has 0 aromatic carbocycles. The number of thioether (sulfide) groups is 1. The minimum absolute atomic E-state index is 0.301. The summed E-state index contributed by atoms with van der Waals surface area (Å²) in [6.45, 7) is 4.64. The summed E-state index contributed by atoms with van der Waals surface area (Å²) >= 11 is 1.75. The molecule has 5 heteroatoms. The average Bonchev–Trinajstić information content (AvgIpc) is 2.69. The van der Waals surface area contributed by atoms with Crippen molar-refractivity contribution in [3.63, 3.8) is 0 Å². The first-order chi connectivity index (χ1) is 8.08. The van der Waals surface area contributed by atoms with E-state index in [1.54, 1.807) is 11.8 Å². The van der Waals surface area contributed by atoms with Crippen molar-refractivity contribution in [2.24, 2.45) is 11.7 Å². The van der Waals surface area contributed by atoms with Crippen molar-refractivity contribution in [1.29, 1.82) is 0 Å². The zero-order chi connectivity index (χ0) is 12.8. The van der Waals surface area contributed by atoms with E-state index in [9.17, 15) is 4.79 Å². The second kappa shape index (κ2) is 6.71. The molecule has 0 aliphatic rings. The van der Waals surface area contributed by atoms with Gasteiger partial charge in [0.25, 0.3) is 0 Å². The summed E-state index contributed by atoms with van der Waals surface area (Å²) < 4.78 is 10.1. The third-order valence-corrected chi connectivity index (χ3v) is 3.68. The molecule has 96 valence electrons. The highest BCUT2D eigenvalue weighted by molar-refractivity contribution is 7.98. The van der Waals surface area contributed by atoms with Crippen LogP contribution in [0.4, 0.5) is 0 Å². The molecule has 2 N–H and O–H groups in total. The summed E-state index contributed by atoms with van der Waals surface area (Å²) in [6.07, 6.45) is 0. The van der Waals surface area contributed by atoms with E-state index in [-0.39, 0.29) is 0 Å². The predicted molar refractivity (Wildman–Crippen MR) is 69.2 cm³/mol. The molecule has 0 saturated heterocycles. The maximum atomic E-state index is 11.3. The van der Waals surface area contributed by atoms with Crippen LogP contribution in [0.1, 0.15) is 28.8 Å². The number of furan rings is 1. The van der Waals surface area contributed by atoms with Crippen LogP contribution in [0.5, 0.6) is 0 Å². The smallest absolute Gasteiger partial charge is 0.374 e. The van der Waals surface area contributed by atoms with Crippen LogP contribution in [0.3, 0.4) is 0 Å². The molecular formula is C12H19NO3S. The first-order valence-electron chi connectivity index (χ1n) is 5.54. The number of nitrogens with two attached hydrogens (primary N) is 1. The van der Waals surface area contributed by atoms with E-state index in [0.717, 1.165) is 22.8 Å². The van der Waals surface area contributed by atoms with Gasteiger partial charge in [0.05, 0.1) is 12.9 Å². The molecular weight excluding hydrogens is 238 g/mol. The van der Waals surface area contributed by atoms with Crippen LogP contribution in [0.25, 0.3) is 0 Å². The Labute approximate surface area is 106 Å². The fourth-order valence-electron chi connectivity index (χ4n) is 1.34. The zero-order valence-electron chi connectivity index (χ0n) is 10.5. The summed E-state index contributed by atoms with van der Waals surface area (Å²) in [6, 6.07) is 1.88. The van der Waals surface area contributed by atoms with Crippen molar-refractivity contribution in [3.8, 4) is 0 Å². The molecule has 0 bridgehead atoms. The van der Waals surface area contributed by atoms with Crippen molar-refractivity contribution in [2.45, 2.75) is 19.6 Å². The molecule has 1 aromatic heterocycles. The molecule has 0 radical (unpaired) electrons. The normalized spacial score (nSPS) is 12.5. The Morgan fingerprint density at radius 1 is 1.65 bits per heavy atom. The number of ether oxygens (including phenoxy) is 1. The highest BCUT2D eigenvalue weighted by Crippen LogP contribution is 2.21. The largest absolute Gasteiger partial charge is 0.463 e. The molecule has 1 rings (SSSR count). The summed E-state index contributed by atoms with van der Waals surface area (Å²) in [5.41, 5.74) is 6.36. The number of hydrogen-bond donors (Lipinski definition) is 1. The van der Waals surface area contributed by atoms with Gasteiger partial charge in [0.1, 0.15) is 5.76 Å². The second-order valence-electron chi connectivity index (χ2n) is 4.07. The lowest BCUT2D eigenvalue weighted by Gasteiger charge is -2.05. The average molecular weight is 257 g/mol. The number of aryl methyl sites for hydroxylation is 1. The van der Waals surface area contributed by atoms with Gasteiger partial charge in [-0.3, -0.25) is 0 Å². The molecule has 0 spiro atoms. The number of esters is 1. The lowest BCUT2D eigenvalue weighted by Crippen LogP contribution is -2.12. The van der Waals surface area contributed by atoms with Crippen LogP contribution in [0.15, 0.2) is 10.5 Å². The first kappa shape index (κ1) is 14.1. The summed E-state index contributed by atoms with van der Waals surface area (Å²) in [5.74, 6) is 2.92. The monoisotopic (exact) mass is 257 g/mol. The Kier molecular flexibility index (Phi) is 5.58. The maximum absolute atomic E-state index is 11.3. The molecule has 17 heavy (non-hydrogen) atoms. The standard InChI is InChI=1S/C12H19NO3S/c1-8(5-13)6-17-7-10-4-9(2)11(16-10)12(14)15-3/h4,8H,5-7,13H2,1-3H3. The molecule has 1 heterocycles. The SMILES string of the molecule is COC(=O)c1oc(CSCC(C)CN)cc1C. The van der Waals surface area contributed by atoms with Crippen molar-refractivity contribution in [3.05, 3.63) is 23.2 Å². The first-order valence-corrected chi connectivity index (χ1v) is 6.69. The molecule has 0 aliphatic heterocycles. The topological polar surface area (TPSA) is 65.5 Å². The van der Waals surface area contributed by atoms with Crippen LogP contribution in [-0.2, 0) is 10.5 Å². The van der Waals surface area contributed by atoms with Crippen molar-refractivity contribution < 1.29 is 13.9 Å². The van der Waals surface area contributed by atoms with E-state index in [2.05, 4.69) is 11.7 Å². The van der Waals surface area contributed by atoms with E-state index in [1.807, 2.05) is 13.0 Å². The Balaban J connectivity index is 2.53. The second-order valence-corrected chi connectivity index (χ2v) is 5.10. The summed E-state index contributed by atoms with van der Waals surface area (Å²) in [7, 11) is 1.35. The quantitative estimate of drug-likeness (QED) is 0.791. The fraction of sp³-hybridized carbons (Fsp3) is 0.583. The number of methoxy groups -OCH3 is 1. The lowest BCUT2D eigenvalue weighted by atomic mass is 10.2. The molecule has 4 nitrogen and oxygen atoms in total. The predicted octanol–water partition coefficient (Wildman–Crippen LogP) is 2.20. The highest BCUT2D eigenvalue weighted by Gasteiger charge is 2.15. The number of carbonyl (C=O) groups is 1. The summed E-state index contributed by atoms with van der Waals surface area (Å²) in [5, 5.41) is 0. The van der Waals surface area contributed by atoms with Crippen LogP contribution in [0.2, 0.25) is 0 Å². The number of carbonyl (C=O) groups excluding carboxylic acids is 1. The molecule has 0 amide bonds. The van der Waals surface area contributed by atoms with E-state index in [4.69, 9.17) is 10.2 Å². The maximum Gasteiger partial charge on any atom is 0.374 e. The molecule has 0 aliphatic carbocycles. The van der Waals surface area contributed by atoms with Gasteiger partial charge in [-0.1, -0.05) is 6.92 Å². The lowest BCUT2D eigenvalue weighted by molar-refractivity contribution is 0.0562. The molecule has 0 fully saturated rings. The van der Waals surface area contributed by atoms with E-state index < -0.39 is 5.97 Å². The van der Waals surface area contributed by atoms with Crippen molar-refractivity contribution in [1.82, 2.24) is 0 Å². The van der Waals surface area contributed by atoms with Gasteiger partial charge in [-0.2, -0.15) is 11.8 Å². The van der Waals surface area contributed by atoms with E-state index >= 15 is 0 Å². The van der Waals surface area contributed by atoms with Gasteiger partial charge in [-0.15, -0.1) is 0 Å². The minimum atomic E-state index is -0.422. The highest BCUT2D eigenvalue weighted by atomic mass is 32.2. The third kappa shape index (κ3) is 4.09. The third-order valence-electron chi connectivity index (χ3n) is 2.39. The molecule has 1 unspecified atom stereocenters. The Morgan fingerprint density at radius 2 is 2.35 bits per heavy atom. The van der Waals surface area contributed by atoms with Gasteiger partial charge >= 0.3 is 5.97 Å². The van der Waals surface area contributed by atoms with Gasteiger partial charge in [-0.25, -0.2) is 4.79 Å². The van der Waals surface area contributed by atoms with Gasteiger partial charge in [0.2, 0.25) is 5.76 Å². The van der Waals surface area contributed by atoms with Gasteiger partial charge < -0.3 is 14.9 Å². The van der Waals surface area contributed by atoms with Gasteiger partial charge in [0, 0.05) is 5.56 Å². The summed E-state index contributed by atoms with van der Waals surface area (Å²) in [4.78, 5) is 11.3. The van der Waals surface area contributed by atoms with Crippen molar-refractivity contribution >= 4 is 17.7 Å².